The fraction of sp³-hybridized carbons (Fsp3) is 0.879. The highest BCUT2D eigenvalue weighted by Crippen LogP contribution is 2.07. The van der Waals surface area contributed by atoms with Gasteiger partial charge in [0.05, 0.1) is 6.61 Å². The van der Waals surface area contributed by atoms with E-state index in [1.165, 1.54) is 51.4 Å². The lowest BCUT2D eigenvalue weighted by Gasteiger charge is -2.02. The lowest BCUT2D eigenvalue weighted by Crippen LogP contribution is -2.28. The largest absolute Gasteiger partial charge is 0.395 e. The van der Waals surface area contributed by atoms with Crippen LogP contribution >= 0.6 is 0 Å². The van der Waals surface area contributed by atoms with E-state index < -0.39 is 11.8 Å². The molecule has 296 valence electrons. The van der Waals surface area contributed by atoms with Crippen molar-refractivity contribution in [2.24, 2.45) is 34.4 Å². The molecule has 0 saturated carbocycles. The van der Waals surface area contributed by atoms with E-state index >= 15 is 0 Å². The van der Waals surface area contributed by atoms with Crippen molar-refractivity contribution < 1.29 is 29.5 Å². The van der Waals surface area contributed by atoms with Gasteiger partial charge in [0.25, 0.3) is 11.8 Å². The summed E-state index contributed by atoms with van der Waals surface area (Å²) in [7, 11) is 0. The Balaban J connectivity index is -0.000000162. The van der Waals surface area contributed by atoms with Crippen LogP contribution in [-0.2, 0) is 19.2 Å². The second kappa shape index (κ2) is 52.5. The number of hydrogen-bond acceptors (Lipinski definition) is 13. The minimum atomic E-state index is -0.505. The van der Waals surface area contributed by atoms with Crippen molar-refractivity contribution in [3.8, 4) is 0 Å². The number of carbonyl (C=O) groups is 4. The number of rotatable bonds is 22. The van der Waals surface area contributed by atoms with Gasteiger partial charge in [-0.2, -0.15) is 5.06 Å². The Labute approximate surface area is 297 Å². The zero-order valence-corrected chi connectivity index (χ0v) is 31.3. The highest BCUT2D eigenvalue weighted by atomic mass is 16.5. The number of nitrogens with zero attached hydrogens (tertiary/aromatic N) is 1. The number of hydrogen-bond donors (Lipinski definition) is 11. The first-order valence-corrected chi connectivity index (χ1v) is 18.2. The topological polar surface area (TPSA) is 304 Å². The minimum absolute atomic E-state index is 0.0652. The van der Waals surface area contributed by atoms with Gasteiger partial charge in [-0.3, -0.25) is 24.4 Å². The van der Waals surface area contributed by atoms with Crippen molar-refractivity contribution in [3.05, 3.63) is 0 Å². The maximum atomic E-state index is 11.0. The molecular formula is C33H78N10O6. The van der Waals surface area contributed by atoms with Crippen molar-refractivity contribution in [2.75, 3.05) is 72.1 Å². The molecule has 0 aromatic carbocycles. The van der Waals surface area contributed by atoms with Gasteiger partial charge in [-0.25, -0.2) is 0 Å². The number of aliphatic hydroxyl groups is 1. The van der Waals surface area contributed by atoms with Crippen LogP contribution < -0.4 is 50.4 Å². The molecule has 49 heavy (non-hydrogen) atoms. The van der Waals surface area contributed by atoms with Gasteiger partial charge in [-0.1, -0.05) is 65.7 Å². The predicted octanol–water partition coefficient (Wildman–Crippen LogP) is 0.154. The van der Waals surface area contributed by atoms with Crippen LogP contribution in [0.25, 0.3) is 0 Å². The highest BCUT2D eigenvalue weighted by molar-refractivity contribution is 6.00. The predicted molar refractivity (Wildman–Crippen MR) is 200 cm³/mol. The van der Waals surface area contributed by atoms with E-state index in [4.69, 9.17) is 44.7 Å². The second-order valence-corrected chi connectivity index (χ2v) is 10.8. The first-order valence-electron chi connectivity index (χ1n) is 18.2. The summed E-state index contributed by atoms with van der Waals surface area (Å²) in [6, 6.07) is 0. The van der Waals surface area contributed by atoms with E-state index in [1.807, 2.05) is 6.92 Å². The van der Waals surface area contributed by atoms with Crippen LogP contribution in [-0.4, -0.2) is 111 Å². The van der Waals surface area contributed by atoms with Gasteiger partial charge >= 0.3 is 0 Å². The highest BCUT2D eigenvalue weighted by Gasteiger charge is 2.26. The van der Waals surface area contributed by atoms with E-state index in [0.717, 1.165) is 45.4 Å². The number of hydroxylamine groups is 2. The van der Waals surface area contributed by atoms with Crippen LogP contribution in [0.3, 0.4) is 0 Å². The number of aliphatic hydroxyl groups excluding tert-OH is 1. The molecule has 0 aliphatic carbocycles. The van der Waals surface area contributed by atoms with Crippen LogP contribution in [0.15, 0.2) is 0 Å². The monoisotopic (exact) mass is 711 g/mol. The van der Waals surface area contributed by atoms with Crippen LogP contribution in [0.4, 0.5) is 0 Å². The third kappa shape index (κ3) is 58.3. The molecule has 0 aromatic heterocycles. The second-order valence-electron chi connectivity index (χ2n) is 10.8. The fourth-order valence-electron chi connectivity index (χ4n) is 3.22. The molecule has 0 atom stereocenters. The Kier molecular flexibility index (Phi) is 60.2. The number of imide groups is 1. The molecule has 1 aliphatic heterocycles. The van der Waals surface area contributed by atoms with Crippen molar-refractivity contribution in [3.63, 3.8) is 0 Å². The smallest absolute Gasteiger partial charge is 0.253 e. The lowest BCUT2D eigenvalue weighted by molar-refractivity contribution is -0.171. The standard InChI is InChI=1S/C9H20N2O.C8H20N2.C5H12N2O.C4H12N2O.C4H5NO3.C3H9N/c1-2-3-4-5-6-9(12)11-8-7-10;9-7-5-3-1-2-4-6-8-10;1-2-5(8)7-4-3-6;5-1-2-6-3-4-7;6-3-1-2-4(7)5(3)8;1-2-3-4/h2-8,10H2,1H3,(H,11,12);1-10H2;2-4,6H2,1H3,(H,7,8);6-7H,1-5H2;8H,1-2H2;2-4H2,1H3. The minimum Gasteiger partial charge on any atom is -0.395 e. The molecule has 1 aliphatic rings. The maximum Gasteiger partial charge on any atom is 0.253 e. The Morgan fingerprint density at radius 1 is 0.592 bits per heavy atom. The zero-order valence-electron chi connectivity index (χ0n) is 31.3. The van der Waals surface area contributed by atoms with Crippen LogP contribution in [0.5, 0.6) is 0 Å². The van der Waals surface area contributed by atoms with E-state index in [-0.39, 0.29) is 36.3 Å². The quantitative estimate of drug-likeness (QED) is 0.0406. The van der Waals surface area contributed by atoms with E-state index in [9.17, 15) is 19.2 Å². The van der Waals surface area contributed by atoms with E-state index in [1.54, 1.807) is 0 Å². The summed E-state index contributed by atoms with van der Waals surface area (Å²) in [5, 5.41) is 25.0. The van der Waals surface area contributed by atoms with E-state index in [2.05, 4.69) is 29.8 Å². The zero-order chi connectivity index (χ0) is 38.4. The Morgan fingerprint density at radius 3 is 1.35 bits per heavy atom. The maximum absolute atomic E-state index is 11.0. The third-order valence-corrected chi connectivity index (χ3v) is 6.09. The molecule has 4 amide bonds. The van der Waals surface area contributed by atoms with Gasteiger partial charge < -0.3 is 55.5 Å². The fourth-order valence-corrected chi connectivity index (χ4v) is 3.22. The summed E-state index contributed by atoms with van der Waals surface area (Å²) in [5.41, 5.74) is 31.2. The van der Waals surface area contributed by atoms with Gasteiger partial charge in [-0.15, -0.1) is 0 Å². The van der Waals surface area contributed by atoms with Crippen molar-refractivity contribution in [1.29, 1.82) is 0 Å². The number of unbranched alkanes of at least 4 members (excludes halogenated alkanes) is 8. The molecule has 0 spiro atoms. The number of carbonyl (C=O) groups excluding carboxylic acids is 4. The van der Waals surface area contributed by atoms with Crippen molar-refractivity contribution >= 4 is 23.6 Å². The SMILES string of the molecule is CCC(=O)NCCN.CCCCCCC(=O)NCCN.CCCN.NCCCCCCCCN.NCCNCCO.O=C1CCC(=O)N1O. The molecule has 0 radical (unpaired) electrons. The third-order valence-electron chi connectivity index (χ3n) is 6.09. The van der Waals surface area contributed by atoms with Gasteiger partial charge in [-0.05, 0) is 45.3 Å². The Morgan fingerprint density at radius 2 is 1.02 bits per heavy atom. The Bertz CT molecular complexity index is 664. The molecule has 1 rings (SSSR count). The molecule has 16 nitrogen and oxygen atoms in total. The van der Waals surface area contributed by atoms with Gasteiger partial charge in [0.15, 0.2) is 0 Å². The molecule has 0 aromatic rings. The molecule has 1 saturated heterocycles. The summed E-state index contributed by atoms with van der Waals surface area (Å²) in [6.07, 6.45) is 14.8. The molecule has 0 unspecified atom stereocenters. The normalized spacial score (nSPS) is 11.2. The van der Waals surface area contributed by atoms with Crippen LogP contribution in [0.2, 0.25) is 0 Å². The summed E-state index contributed by atoms with van der Waals surface area (Å²) in [4.78, 5) is 41.9. The number of nitrogens with two attached hydrogens (primary N) is 6. The first kappa shape index (κ1) is 56.1. The summed E-state index contributed by atoms with van der Waals surface area (Å²) in [5.74, 6) is -0.808. The average molecular weight is 711 g/mol. The number of amides is 4. The van der Waals surface area contributed by atoms with Gasteiger partial charge in [0.1, 0.15) is 0 Å². The summed E-state index contributed by atoms with van der Waals surface area (Å²) >= 11 is 0. The van der Waals surface area contributed by atoms with Crippen LogP contribution in [0.1, 0.15) is 117 Å². The van der Waals surface area contributed by atoms with E-state index in [0.29, 0.717) is 52.1 Å². The molecular weight excluding hydrogens is 632 g/mol. The Hall–Kier alpha value is -2.28. The average Bonchev–Trinajstić information content (AvgIpc) is 3.41. The molecule has 1 heterocycles. The van der Waals surface area contributed by atoms with Crippen molar-refractivity contribution in [1.82, 2.24) is 21.0 Å². The lowest BCUT2D eigenvalue weighted by atomic mass is 10.1. The first-order chi connectivity index (χ1) is 23.6. The summed E-state index contributed by atoms with van der Waals surface area (Å²) < 4.78 is 0. The summed E-state index contributed by atoms with van der Waals surface area (Å²) in [6.45, 7) is 13.1. The molecule has 0 bridgehead atoms. The number of nitrogens with one attached hydrogen (secondary N) is 3. The van der Waals surface area contributed by atoms with Gasteiger partial charge in [0.2, 0.25) is 11.8 Å². The molecule has 16 heteroatoms. The molecule has 17 N–H and O–H groups in total. The van der Waals surface area contributed by atoms with Crippen LogP contribution in [0, 0.1) is 0 Å². The van der Waals surface area contributed by atoms with Crippen molar-refractivity contribution in [2.45, 2.75) is 117 Å². The molecule has 1 fully saturated rings. The van der Waals surface area contributed by atoms with Gasteiger partial charge in [0, 0.05) is 71.5 Å².